The summed E-state index contributed by atoms with van der Waals surface area (Å²) in [5.74, 6) is -2.04. The van der Waals surface area contributed by atoms with E-state index in [-0.39, 0.29) is 5.69 Å². The van der Waals surface area contributed by atoms with E-state index in [1.165, 1.54) is 12.1 Å². The summed E-state index contributed by atoms with van der Waals surface area (Å²) in [6.07, 6.45) is -1.70. The molecule has 1 atom stereocenters. The highest BCUT2D eigenvalue weighted by Crippen LogP contribution is 2.14. The summed E-state index contributed by atoms with van der Waals surface area (Å²) >= 11 is 0. The zero-order valence-corrected chi connectivity index (χ0v) is 9.61. The summed E-state index contributed by atoms with van der Waals surface area (Å²) in [4.78, 5) is 21.6. The molecule has 0 heterocycles. The van der Waals surface area contributed by atoms with Crippen LogP contribution in [0.1, 0.15) is 5.56 Å². The Bertz CT molecular complexity index is 464. The maximum atomic E-state index is 13.4. The van der Waals surface area contributed by atoms with Crippen molar-refractivity contribution in [1.82, 2.24) is 5.32 Å². The lowest BCUT2D eigenvalue weighted by Gasteiger charge is -2.10. The SMILES string of the molecule is Cc1ccc(NC(=O)NCC(O)C(=O)O)c(F)c1. The Morgan fingerprint density at radius 3 is 2.67 bits per heavy atom. The predicted octanol–water partition coefficient (Wildman–Crippen LogP) is 0.701. The number of carbonyl (C=O) groups is 2. The van der Waals surface area contributed by atoms with Gasteiger partial charge in [0.15, 0.2) is 6.10 Å². The number of nitrogens with one attached hydrogen (secondary N) is 2. The average Bonchev–Trinajstić information content (AvgIpc) is 2.29. The van der Waals surface area contributed by atoms with Crippen LogP contribution in [0.25, 0.3) is 0 Å². The number of benzene rings is 1. The fourth-order valence-corrected chi connectivity index (χ4v) is 1.16. The zero-order chi connectivity index (χ0) is 13.7. The normalized spacial score (nSPS) is 11.7. The molecule has 0 bridgehead atoms. The minimum absolute atomic E-state index is 0.0251. The highest BCUT2D eigenvalue weighted by molar-refractivity contribution is 5.89. The van der Waals surface area contributed by atoms with Gasteiger partial charge in [0.2, 0.25) is 0 Å². The molecule has 1 unspecified atom stereocenters. The lowest BCUT2D eigenvalue weighted by Crippen LogP contribution is -2.38. The molecule has 6 nitrogen and oxygen atoms in total. The van der Waals surface area contributed by atoms with Crippen molar-refractivity contribution in [2.45, 2.75) is 13.0 Å². The quantitative estimate of drug-likeness (QED) is 0.637. The van der Waals surface area contributed by atoms with Crippen LogP contribution in [-0.4, -0.2) is 34.9 Å². The first-order chi connectivity index (χ1) is 8.40. The molecule has 0 fully saturated rings. The number of aryl methyl sites for hydroxylation is 1. The van der Waals surface area contributed by atoms with Crippen molar-refractivity contribution in [3.05, 3.63) is 29.6 Å². The second-order valence-electron chi connectivity index (χ2n) is 3.67. The lowest BCUT2D eigenvalue weighted by atomic mass is 10.2. The number of carboxylic acids is 1. The number of halogens is 1. The van der Waals surface area contributed by atoms with Gasteiger partial charge in [-0.15, -0.1) is 0 Å². The molecule has 0 radical (unpaired) electrons. The smallest absolute Gasteiger partial charge is 0.334 e. The fraction of sp³-hybridized carbons (Fsp3) is 0.273. The molecular formula is C11H13FN2O4. The summed E-state index contributed by atoms with van der Waals surface area (Å²) in [5, 5.41) is 21.6. The fourth-order valence-electron chi connectivity index (χ4n) is 1.16. The van der Waals surface area contributed by atoms with Crippen molar-refractivity contribution in [2.75, 3.05) is 11.9 Å². The maximum Gasteiger partial charge on any atom is 0.334 e. The first-order valence-corrected chi connectivity index (χ1v) is 5.12. The number of hydrogen-bond donors (Lipinski definition) is 4. The van der Waals surface area contributed by atoms with Crippen LogP contribution in [0, 0.1) is 12.7 Å². The number of carboxylic acid groups (broad SMARTS) is 1. The van der Waals surface area contributed by atoms with Gasteiger partial charge in [0.05, 0.1) is 12.2 Å². The van der Waals surface area contributed by atoms with Crippen molar-refractivity contribution in [1.29, 1.82) is 0 Å². The molecular weight excluding hydrogens is 243 g/mol. The summed E-state index contributed by atoms with van der Waals surface area (Å²) in [7, 11) is 0. The molecule has 0 saturated heterocycles. The van der Waals surface area contributed by atoms with Gasteiger partial charge in [-0.1, -0.05) is 6.07 Å². The topological polar surface area (TPSA) is 98.7 Å². The summed E-state index contributed by atoms with van der Waals surface area (Å²) < 4.78 is 13.4. The molecule has 0 aliphatic carbocycles. The summed E-state index contributed by atoms with van der Waals surface area (Å²) in [5.41, 5.74) is 0.683. The highest BCUT2D eigenvalue weighted by atomic mass is 19.1. The second-order valence-corrected chi connectivity index (χ2v) is 3.67. The minimum atomic E-state index is -1.70. The number of hydrogen-bond acceptors (Lipinski definition) is 3. The number of anilines is 1. The third kappa shape index (κ3) is 4.02. The molecule has 0 saturated carbocycles. The van der Waals surface area contributed by atoms with Gasteiger partial charge in [-0.3, -0.25) is 0 Å². The Morgan fingerprint density at radius 2 is 2.11 bits per heavy atom. The van der Waals surface area contributed by atoms with Gasteiger partial charge < -0.3 is 20.8 Å². The molecule has 1 aromatic rings. The van der Waals surface area contributed by atoms with E-state index in [9.17, 15) is 14.0 Å². The molecule has 0 aliphatic heterocycles. The molecule has 0 spiro atoms. The Labute approximate surface area is 102 Å². The standard InChI is InChI=1S/C11H13FN2O4/c1-6-2-3-8(7(12)4-6)14-11(18)13-5-9(15)10(16)17/h2-4,9,15H,5H2,1H3,(H,16,17)(H2,13,14,18). The number of aliphatic hydroxyl groups is 1. The molecule has 98 valence electrons. The predicted molar refractivity (Wildman–Crippen MR) is 61.8 cm³/mol. The average molecular weight is 256 g/mol. The summed E-state index contributed by atoms with van der Waals surface area (Å²) in [6, 6.07) is 3.46. The van der Waals surface area contributed by atoms with Gasteiger partial charge in [0, 0.05) is 0 Å². The minimum Gasteiger partial charge on any atom is -0.479 e. The molecule has 4 N–H and O–H groups in total. The highest BCUT2D eigenvalue weighted by Gasteiger charge is 2.14. The van der Waals surface area contributed by atoms with Gasteiger partial charge in [-0.25, -0.2) is 14.0 Å². The largest absolute Gasteiger partial charge is 0.479 e. The monoisotopic (exact) mass is 256 g/mol. The Balaban J connectivity index is 2.52. The number of amides is 2. The van der Waals surface area contributed by atoms with E-state index in [0.29, 0.717) is 5.56 Å². The summed E-state index contributed by atoms with van der Waals surface area (Å²) in [6.45, 7) is 1.24. The van der Waals surface area contributed by atoms with Crippen LogP contribution >= 0.6 is 0 Å². The molecule has 1 rings (SSSR count). The third-order valence-corrected chi connectivity index (χ3v) is 2.11. The van der Waals surface area contributed by atoms with E-state index in [4.69, 9.17) is 10.2 Å². The van der Waals surface area contributed by atoms with E-state index in [1.54, 1.807) is 13.0 Å². The molecule has 0 aromatic heterocycles. The Kier molecular flexibility index (Phi) is 4.61. The number of carbonyl (C=O) groups excluding carboxylic acids is 1. The van der Waals surface area contributed by atoms with E-state index in [1.807, 2.05) is 0 Å². The van der Waals surface area contributed by atoms with E-state index < -0.39 is 30.5 Å². The van der Waals surface area contributed by atoms with Crippen molar-refractivity contribution >= 4 is 17.7 Å². The molecule has 1 aromatic carbocycles. The van der Waals surface area contributed by atoms with Crippen molar-refractivity contribution < 1.29 is 24.2 Å². The number of aliphatic carboxylic acids is 1. The Hall–Kier alpha value is -2.15. The van der Waals surface area contributed by atoms with Gasteiger partial charge in [-0.2, -0.15) is 0 Å². The second kappa shape index (κ2) is 5.97. The zero-order valence-electron chi connectivity index (χ0n) is 9.61. The van der Waals surface area contributed by atoms with Crippen LogP contribution in [0.5, 0.6) is 0 Å². The van der Waals surface area contributed by atoms with E-state index in [2.05, 4.69) is 10.6 Å². The van der Waals surface area contributed by atoms with Gasteiger partial charge in [0.1, 0.15) is 5.82 Å². The van der Waals surface area contributed by atoms with Crippen LogP contribution in [0.2, 0.25) is 0 Å². The van der Waals surface area contributed by atoms with Crippen LogP contribution < -0.4 is 10.6 Å². The van der Waals surface area contributed by atoms with Gasteiger partial charge >= 0.3 is 12.0 Å². The van der Waals surface area contributed by atoms with Crippen molar-refractivity contribution in [3.63, 3.8) is 0 Å². The van der Waals surface area contributed by atoms with Crippen LogP contribution in [0.3, 0.4) is 0 Å². The first-order valence-electron chi connectivity index (χ1n) is 5.12. The van der Waals surface area contributed by atoms with Gasteiger partial charge in [0.25, 0.3) is 0 Å². The van der Waals surface area contributed by atoms with E-state index in [0.717, 1.165) is 0 Å². The number of urea groups is 1. The number of rotatable bonds is 4. The molecule has 2 amide bonds. The first kappa shape index (κ1) is 13.9. The van der Waals surface area contributed by atoms with E-state index >= 15 is 0 Å². The van der Waals surface area contributed by atoms with Crippen LogP contribution in [-0.2, 0) is 4.79 Å². The number of aliphatic hydroxyl groups excluding tert-OH is 1. The lowest BCUT2D eigenvalue weighted by molar-refractivity contribution is -0.146. The molecule has 0 aliphatic rings. The van der Waals surface area contributed by atoms with Crippen LogP contribution in [0.15, 0.2) is 18.2 Å². The molecule has 18 heavy (non-hydrogen) atoms. The molecule has 7 heteroatoms. The van der Waals surface area contributed by atoms with Crippen molar-refractivity contribution in [2.24, 2.45) is 0 Å². The third-order valence-electron chi connectivity index (χ3n) is 2.11. The van der Waals surface area contributed by atoms with Crippen LogP contribution in [0.4, 0.5) is 14.9 Å². The Morgan fingerprint density at radius 1 is 1.44 bits per heavy atom. The maximum absolute atomic E-state index is 13.4. The van der Waals surface area contributed by atoms with Gasteiger partial charge in [-0.05, 0) is 24.6 Å². The van der Waals surface area contributed by atoms with Crippen molar-refractivity contribution in [3.8, 4) is 0 Å².